The van der Waals surface area contributed by atoms with Gasteiger partial charge in [-0.25, -0.2) is 0 Å². The molecular formula is C25H64N2O4. The van der Waals surface area contributed by atoms with Gasteiger partial charge in [-0.3, -0.25) is 9.59 Å². The summed E-state index contributed by atoms with van der Waals surface area (Å²) < 4.78 is 6.39. The van der Waals surface area contributed by atoms with Gasteiger partial charge in [0.15, 0.2) is 0 Å². The molecule has 0 aliphatic heterocycles. The first kappa shape index (κ1) is 57.1. The Kier molecular flexibility index (Phi) is 129. The molecule has 0 amide bonds. The van der Waals surface area contributed by atoms with E-state index in [1.165, 1.54) is 6.92 Å². The van der Waals surface area contributed by atoms with Crippen molar-refractivity contribution >= 4 is 23.1 Å². The average molecular weight is 458 g/mol. The van der Waals surface area contributed by atoms with Crippen molar-refractivity contribution in [3.63, 3.8) is 0 Å². The van der Waals surface area contributed by atoms with Crippen molar-refractivity contribution in [2.45, 2.75) is 125 Å². The van der Waals surface area contributed by atoms with Gasteiger partial charge in [0.25, 0.3) is 0 Å². The van der Waals surface area contributed by atoms with Crippen LogP contribution in [0, 0.1) is 0 Å². The molecule has 6 nitrogen and oxygen atoms in total. The molecule has 0 saturated heterocycles. The topological polar surface area (TPSA) is 106 Å². The maximum absolute atomic E-state index is 10.1. The molecule has 0 saturated carbocycles. The highest BCUT2D eigenvalue weighted by Gasteiger charge is 1.84. The number of hydrogen-bond acceptors (Lipinski definition) is 6. The van der Waals surface area contributed by atoms with Gasteiger partial charge in [-0.15, -0.1) is 0 Å². The van der Waals surface area contributed by atoms with E-state index < -0.39 is 0 Å². The van der Waals surface area contributed by atoms with Crippen LogP contribution in [0.3, 0.4) is 0 Å². The van der Waals surface area contributed by atoms with Gasteiger partial charge in [0, 0.05) is 19.3 Å². The molecule has 0 unspecified atom stereocenters. The smallest absolute Gasteiger partial charge is 0.143 e. The summed E-state index contributed by atoms with van der Waals surface area (Å²) >= 11 is 0. The zero-order valence-corrected chi connectivity index (χ0v) is 19.9. The monoisotopic (exact) mass is 457 g/mol. The van der Waals surface area contributed by atoms with Gasteiger partial charge in [0.05, 0.1) is 6.54 Å². The maximum Gasteiger partial charge on any atom is 0.143 e. The summed E-state index contributed by atoms with van der Waals surface area (Å²) in [6.07, 6.45) is 2.85. The fourth-order valence-electron chi connectivity index (χ4n) is 0.777. The summed E-state index contributed by atoms with van der Waals surface area (Å²) in [5.74, 6) is 0.847. The molecule has 0 rings (SSSR count). The van der Waals surface area contributed by atoms with Crippen LogP contribution in [-0.4, -0.2) is 43.3 Å². The Morgan fingerprint density at radius 1 is 0.710 bits per heavy atom. The molecule has 0 aromatic rings. The Morgan fingerprint density at radius 3 is 1.06 bits per heavy atom. The second-order valence-corrected chi connectivity index (χ2v) is 4.94. The molecule has 0 fully saturated rings. The van der Waals surface area contributed by atoms with Crippen LogP contribution >= 0.6 is 0 Å². The Balaban J connectivity index is -0.0000000231. The lowest BCUT2D eigenvalue weighted by molar-refractivity contribution is -0.117. The molecule has 0 aliphatic carbocycles. The number of nitrogens with two attached hydrogens (primary N) is 1. The first-order chi connectivity index (χ1) is 13.1. The van der Waals surface area contributed by atoms with Crippen LogP contribution in [0.4, 0.5) is 0 Å². The number of nitrogens with one attached hydrogen (secondary N) is 1. The molecule has 0 heterocycles. The zero-order chi connectivity index (χ0) is 24.0. The highest BCUT2D eigenvalue weighted by Crippen LogP contribution is 1.84. The lowest BCUT2D eigenvalue weighted by atomic mass is 10.3. The van der Waals surface area contributed by atoms with E-state index in [1.54, 1.807) is 27.8 Å². The predicted molar refractivity (Wildman–Crippen MR) is 145 cm³/mol. The van der Waals surface area contributed by atoms with E-state index >= 15 is 0 Å². The van der Waals surface area contributed by atoms with Gasteiger partial charge >= 0.3 is 0 Å². The highest BCUT2D eigenvalue weighted by molar-refractivity contribution is 5.77. The second kappa shape index (κ2) is 70.3. The van der Waals surface area contributed by atoms with Crippen molar-refractivity contribution in [3.8, 4) is 0 Å². The number of carbonyl (C=O) groups excluding carboxylic acids is 4. The minimum absolute atomic E-state index is 0. The molecule has 0 bridgehead atoms. The van der Waals surface area contributed by atoms with Gasteiger partial charge in [0.1, 0.15) is 24.5 Å². The quantitative estimate of drug-likeness (QED) is 0.421. The van der Waals surface area contributed by atoms with Crippen LogP contribution in [0.15, 0.2) is 0 Å². The summed E-state index contributed by atoms with van der Waals surface area (Å²) in [4.78, 5) is 39.9. The lowest BCUT2D eigenvalue weighted by Gasteiger charge is -1.85. The molecular weight excluding hydrogens is 392 g/mol. The maximum atomic E-state index is 10.1. The van der Waals surface area contributed by atoms with E-state index in [1.807, 2.05) is 41.5 Å². The zero-order valence-electron chi connectivity index (χ0n) is 20.9. The molecule has 31 heavy (non-hydrogen) atoms. The Bertz CT molecular complexity index is 322. The highest BCUT2D eigenvalue weighted by atomic mass is 16.1. The normalized spacial score (nSPS) is 6.87. The lowest BCUT2D eigenvalue weighted by Crippen LogP contribution is -2.14. The van der Waals surface area contributed by atoms with Gasteiger partial charge in [-0.1, -0.05) is 71.2 Å². The fraction of sp³-hybridized carbons (Fsp3) is 0.840. The molecule has 6 heteroatoms. The summed E-state index contributed by atoms with van der Waals surface area (Å²) in [6.45, 7) is 19.1. The molecule has 0 spiro atoms. The van der Waals surface area contributed by atoms with E-state index in [0.717, 1.165) is 12.8 Å². The van der Waals surface area contributed by atoms with Gasteiger partial charge in [0.2, 0.25) is 0 Å². The Morgan fingerprint density at radius 2 is 1.03 bits per heavy atom. The molecule has 198 valence electrons. The van der Waals surface area contributed by atoms with Crippen molar-refractivity contribution in [1.82, 2.24) is 5.32 Å². The van der Waals surface area contributed by atoms with Crippen molar-refractivity contribution in [1.29, 1.82) is 0 Å². The third-order valence-corrected chi connectivity index (χ3v) is 2.00. The number of likely N-dealkylation sites (N-methyl/N-ethyl adjacent to an activating group) is 1. The van der Waals surface area contributed by atoms with E-state index in [2.05, 4.69) is 11.0 Å². The van der Waals surface area contributed by atoms with Crippen LogP contribution in [-0.2, 0) is 19.2 Å². The molecule has 0 atom stereocenters. The van der Waals surface area contributed by atoms with Gasteiger partial charge in [-0.05, 0) is 47.7 Å². The third kappa shape index (κ3) is 220. The Hall–Kier alpha value is -1.40. The first-order valence-electron chi connectivity index (χ1n) is 10.4. The minimum atomic E-state index is 0. The molecule has 0 aromatic carbocycles. The van der Waals surface area contributed by atoms with Crippen molar-refractivity contribution in [2.24, 2.45) is 5.73 Å². The molecule has 0 radical (unpaired) electrons. The van der Waals surface area contributed by atoms with Crippen LogP contribution < -0.4 is 11.0 Å². The molecule has 0 aliphatic rings. The summed E-state index contributed by atoms with van der Waals surface area (Å²) in [5.41, 5.74) is 2.13. The second-order valence-electron chi connectivity index (χ2n) is 4.94. The predicted octanol–water partition coefficient (Wildman–Crippen LogP) is 6.68. The number of rotatable bonds is 8. The van der Waals surface area contributed by atoms with Crippen LogP contribution in [0.25, 0.3) is 0 Å². The number of hydrogen-bond donors (Lipinski definition) is 2. The first-order valence-corrected chi connectivity index (χ1v) is 9.85. The summed E-state index contributed by atoms with van der Waals surface area (Å²) in [6, 6.07) is 0. The van der Waals surface area contributed by atoms with Gasteiger partial charge in [-0.2, -0.15) is 0 Å². The minimum Gasteiger partial charge on any atom is -0.330 e. The molecule has 0 aromatic heterocycles. The van der Waals surface area contributed by atoms with E-state index in [4.69, 9.17) is 1.41 Å². The third-order valence-electron chi connectivity index (χ3n) is 2.00. The van der Waals surface area contributed by atoms with Crippen molar-refractivity contribution < 1.29 is 20.6 Å². The van der Waals surface area contributed by atoms with Crippen LogP contribution in [0.1, 0.15) is 125 Å². The van der Waals surface area contributed by atoms with E-state index in [0.29, 0.717) is 25.9 Å². The number of ketones is 4. The SMILES string of the molecule is C.C.C.C.CC.CC.CCC(C)=O.CCCC(C)=O.CNCC(C)=O.[2H]NCCC(C)=O. The van der Waals surface area contributed by atoms with Crippen molar-refractivity contribution in [3.05, 3.63) is 0 Å². The van der Waals surface area contributed by atoms with Crippen LogP contribution in [0.5, 0.6) is 0 Å². The largest absolute Gasteiger partial charge is 0.330 e. The van der Waals surface area contributed by atoms with E-state index in [-0.39, 0.29) is 52.8 Å². The summed E-state index contributed by atoms with van der Waals surface area (Å²) in [7, 11) is 1.75. The average Bonchev–Trinajstić information content (AvgIpc) is 2.64. The standard InChI is InChI=1S/C5H10O.2C4H9NO.C4H8O.2C2H6.4CH4/c1-3-4-5(2)6;1-4(6)3-5-2;1-4(6)2-3-5;1-3-4(2)5;2*1-2;;;;/h3-4H2,1-2H3;5H,3H2,1-2H3;2-3,5H2,1H3;3H2,1-2H3;2*1-2H3;4*1H4/i/hD. The number of Topliss-reactive ketones (excluding diaryl/α,β-unsaturated/α-hetero) is 4. The number of carbonyl (C=O) groups is 4. The fourth-order valence-corrected chi connectivity index (χ4v) is 0.777. The Labute approximate surface area is 200 Å². The van der Waals surface area contributed by atoms with Crippen molar-refractivity contribution in [2.75, 3.05) is 20.1 Å². The molecule has 3 N–H and O–H groups in total. The van der Waals surface area contributed by atoms with Gasteiger partial charge < -0.3 is 20.6 Å². The van der Waals surface area contributed by atoms with E-state index in [9.17, 15) is 19.2 Å². The van der Waals surface area contributed by atoms with Crippen LogP contribution in [0.2, 0.25) is 1.41 Å². The summed E-state index contributed by atoms with van der Waals surface area (Å²) in [5, 5.41) is 2.72.